The number of rotatable bonds is 4. The van der Waals surface area contributed by atoms with E-state index < -0.39 is 0 Å². The summed E-state index contributed by atoms with van der Waals surface area (Å²) in [7, 11) is 4.47. The summed E-state index contributed by atoms with van der Waals surface area (Å²) in [5.41, 5.74) is 0.261. The summed E-state index contributed by atoms with van der Waals surface area (Å²) in [4.78, 5) is 20.2. The minimum absolute atomic E-state index is 0.0363. The Labute approximate surface area is 146 Å². The van der Waals surface area contributed by atoms with Gasteiger partial charge in [0.25, 0.3) is 0 Å². The van der Waals surface area contributed by atoms with Crippen molar-refractivity contribution in [1.82, 2.24) is 19.3 Å². The van der Waals surface area contributed by atoms with Gasteiger partial charge in [-0.3, -0.25) is 9.69 Å². The number of carbonyl (C=O) groups excluding carboxylic acids is 1. The second-order valence-corrected chi connectivity index (χ2v) is 7.64. The lowest BCUT2D eigenvalue weighted by Crippen LogP contribution is -2.64. The summed E-state index contributed by atoms with van der Waals surface area (Å²) in [5, 5.41) is 0. The molecule has 1 aromatic rings. The molecule has 0 bridgehead atoms. The topological polar surface area (TPSA) is 31.7 Å². The minimum Gasteiger partial charge on any atom is -0.342 e. The van der Waals surface area contributed by atoms with E-state index >= 15 is 0 Å². The van der Waals surface area contributed by atoms with Crippen molar-refractivity contribution in [3.63, 3.8) is 0 Å². The van der Waals surface area contributed by atoms with Gasteiger partial charge in [-0.15, -0.1) is 0 Å². The molecule has 2 aliphatic heterocycles. The highest BCUT2D eigenvalue weighted by Gasteiger charge is 2.42. The van der Waals surface area contributed by atoms with Gasteiger partial charge in [0.2, 0.25) is 5.91 Å². The molecule has 0 aliphatic carbocycles. The maximum atomic E-state index is 13.1. The predicted octanol–water partition coefficient (Wildman–Crippen LogP) is 2.07. The lowest BCUT2D eigenvalue weighted by molar-refractivity contribution is -0.138. The standard InChI is InChI=1S/C19H32N4O/c1-4-7-17(22-10-5-6-11-22)18(24)23-12-8-19(9-13-23)16-20(2)14-15-21(19)3/h5-6,10-11,17H,4,7-9,12-16H2,1-3H3/t17-/m1/s1. The van der Waals surface area contributed by atoms with Crippen molar-refractivity contribution in [2.45, 2.75) is 44.2 Å². The maximum absolute atomic E-state index is 13.1. The smallest absolute Gasteiger partial charge is 0.245 e. The summed E-state index contributed by atoms with van der Waals surface area (Å²) in [6.45, 7) is 7.33. The van der Waals surface area contributed by atoms with Crippen LogP contribution in [0.25, 0.3) is 0 Å². The van der Waals surface area contributed by atoms with Crippen LogP contribution in [-0.2, 0) is 4.79 Å². The molecule has 134 valence electrons. The van der Waals surface area contributed by atoms with Gasteiger partial charge in [-0.2, -0.15) is 0 Å². The van der Waals surface area contributed by atoms with Crippen LogP contribution in [0.2, 0.25) is 0 Å². The largest absolute Gasteiger partial charge is 0.342 e. The van der Waals surface area contributed by atoms with Crippen molar-refractivity contribution in [1.29, 1.82) is 0 Å². The Morgan fingerprint density at radius 2 is 1.75 bits per heavy atom. The van der Waals surface area contributed by atoms with E-state index in [1.165, 1.54) is 0 Å². The molecule has 2 saturated heterocycles. The van der Waals surface area contributed by atoms with Gasteiger partial charge in [-0.05, 0) is 45.5 Å². The fourth-order valence-electron chi connectivity index (χ4n) is 4.38. The molecule has 0 aromatic carbocycles. The molecule has 1 amide bonds. The SMILES string of the molecule is CCC[C@H](C(=O)N1CCC2(CC1)CN(C)CCN2C)n1cccc1. The van der Waals surface area contributed by atoms with Crippen molar-refractivity contribution >= 4 is 5.91 Å². The Morgan fingerprint density at radius 1 is 1.08 bits per heavy atom. The minimum atomic E-state index is -0.0363. The van der Waals surface area contributed by atoms with Crippen molar-refractivity contribution in [2.75, 3.05) is 46.8 Å². The molecule has 5 heteroatoms. The normalized spacial score (nSPS) is 23.5. The van der Waals surface area contributed by atoms with Gasteiger partial charge in [-0.25, -0.2) is 0 Å². The fourth-order valence-corrected chi connectivity index (χ4v) is 4.38. The van der Waals surface area contributed by atoms with Gasteiger partial charge in [0.15, 0.2) is 0 Å². The molecule has 2 aliphatic rings. The molecule has 3 rings (SSSR count). The van der Waals surface area contributed by atoms with E-state index in [4.69, 9.17) is 0 Å². The van der Waals surface area contributed by atoms with Crippen LogP contribution in [0.15, 0.2) is 24.5 Å². The molecular formula is C19H32N4O. The second kappa shape index (κ2) is 7.28. The van der Waals surface area contributed by atoms with Crippen LogP contribution in [0, 0.1) is 0 Å². The first-order valence-corrected chi connectivity index (χ1v) is 9.37. The van der Waals surface area contributed by atoms with Crippen LogP contribution >= 0.6 is 0 Å². The van der Waals surface area contributed by atoms with E-state index in [9.17, 15) is 4.79 Å². The van der Waals surface area contributed by atoms with E-state index in [0.717, 1.165) is 58.4 Å². The average molecular weight is 332 g/mol. The fraction of sp³-hybridized carbons (Fsp3) is 0.737. The van der Waals surface area contributed by atoms with Crippen LogP contribution in [0.1, 0.15) is 38.6 Å². The molecule has 2 fully saturated rings. The highest BCUT2D eigenvalue weighted by molar-refractivity contribution is 5.80. The number of nitrogens with zero attached hydrogens (tertiary/aromatic N) is 4. The summed E-state index contributed by atoms with van der Waals surface area (Å²) in [5.74, 6) is 0.301. The van der Waals surface area contributed by atoms with E-state index in [2.05, 4.69) is 40.3 Å². The Balaban J connectivity index is 1.66. The van der Waals surface area contributed by atoms with E-state index in [1.54, 1.807) is 0 Å². The summed E-state index contributed by atoms with van der Waals surface area (Å²) < 4.78 is 2.08. The van der Waals surface area contributed by atoms with Crippen molar-refractivity contribution in [3.05, 3.63) is 24.5 Å². The van der Waals surface area contributed by atoms with Gasteiger partial charge in [0, 0.05) is 50.7 Å². The molecular weight excluding hydrogens is 300 g/mol. The van der Waals surface area contributed by atoms with E-state index in [1.807, 2.05) is 24.5 Å². The predicted molar refractivity (Wildman–Crippen MR) is 97.0 cm³/mol. The third kappa shape index (κ3) is 3.38. The lowest BCUT2D eigenvalue weighted by atomic mass is 9.83. The van der Waals surface area contributed by atoms with Gasteiger partial charge in [-0.1, -0.05) is 13.3 Å². The third-order valence-corrected chi connectivity index (χ3v) is 6.03. The average Bonchev–Trinajstić information content (AvgIpc) is 3.11. The second-order valence-electron chi connectivity index (χ2n) is 7.64. The van der Waals surface area contributed by atoms with Crippen LogP contribution in [0.4, 0.5) is 0 Å². The number of likely N-dealkylation sites (tertiary alicyclic amines) is 1. The number of amides is 1. The third-order valence-electron chi connectivity index (χ3n) is 6.03. The van der Waals surface area contributed by atoms with E-state index in [0.29, 0.717) is 5.91 Å². The summed E-state index contributed by atoms with van der Waals surface area (Å²) >= 11 is 0. The van der Waals surface area contributed by atoms with Gasteiger partial charge >= 0.3 is 0 Å². The highest BCUT2D eigenvalue weighted by atomic mass is 16.2. The number of piperazine rings is 1. The van der Waals surface area contributed by atoms with Gasteiger partial charge < -0.3 is 14.4 Å². The van der Waals surface area contributed by atoms with Crippen LogP contribution in [-0.4, -0.2) is 77.5 Å². The first-order chi connectivity index (χ1) is 11.6. The molecule has 0 N–H and O–H groups in total. The van der Waals surface area contributed by atoms with Gasteiger partial charge in [0.1, 0.15) is 6.04 Å². The molecule has 24 heavy (non-hydrogen) atoms. The Morgan fingerprint density at radius 3 is 2.38 bits per heavy atom. The van der Waals surface area contributed by atoms with Gasteiger partial charge in [0.05, 0.1) is 0 Å². The molecule has 1 aromatic heterocycles. The zero-order valence-corrected chi connectivity index (χ0v) is 15.4. The number of aromatic nitrogens is 1. The number of likely N-dealkylation sites (N-methyl/N-ethyl adjacent to an activating group) is 2. The monoisotopic (exact) mass is 332 g/mol. The lowest BCUT2D eigenvalue weighted by Gasteiger charge is -2.52. The first kappa shape index (κ1) is 17.5. The van der Waals surface area contributed by atoms with Crippen molar-refractivity contribution < 1.29 is 4.79 Å². The van der Waals surface area contributed by atoms with Crippen molar-refractivity contribution in [3.8, 4) is 0 Å². The van der Waals surface area contributed by atoms with Crippen LogP contribution in [0.5, 0.6) is 0 Å². The quantitative estimate of drug-likeness (QED) is 0.846. The molecule has 0 radical (unpaired) electrons. The first-order valence-electron chi connectivity index (χ1n) is 9.37. The maximum Gasteiger partial charge on any atom is 0.245 e. The Hall–Kier alpha value is -1.33. The molecule has 1 atom stereocenters. The van der Waals surface area contributed by atoms with Crippen LogP contribution < -0.4 is 0 Å². The molecule has 3 heterocycles. The number of hydrogen-bond donors (Lipinski definition) is 0. The molecule has 1 spiro atoms. The Kier molecular flexibility index (Phi) is 5.30. The van der Waals surface area contributed by atoms with E-state index in [-0.39, 0.29) is 11.6 Å². The Bertz CT molecular complexity index is 534. The zero-order chi connectivity index (χ0) is 17.2. The molecule has 5 nitrogen and oxygen atoms in total. The number of carbonyl (C=O) groups is 1. The molecule has 0 unspecified atom stereocenters. The molecule has 0 saturated carbocycles. The van der Waals surface area contributed by atoms with Crippen LogP contribution in [0.3, 0.4) is 0 Å². The number of hydrogen-bond acceptors (Lipinski definition) is 3. The number of piperidine rings is 1. The van der Waals surface area contributed by atoms with Crippen molar-refractivity contribution in [2.24, 2.45) is 0 Å². The highest BCUT2D eigenvalue weighted by Crippen LogP contribution is 2.32. The summed E-state index contributed by atoms with van der Waals surface area (Å²) in [6, 6.07) is 3.98. The zero-order valence-electron chi connectivity index (χ0n) is 15.4. The summed E-state index contributed by atoms with van der Waals surface area (Å²) in [6.07, 6.45) is 8.16.